The Balaban J connectivity index is 2.74. The van der Waals surface area contributed by atoms with Crippen molar-refractivity contribution in [2.45, 2.75) is 39.8 Å². The summed E-state index contributed by atoms with van der Waals surface area (Å²) in [5, 5.41) is 9.05. The molecule has 3 nitrogen and oxygen atoms in total. The van der Waals surface area contributed by atoms with Gasteiger partial charge in [0.05, 0.1) is 12.3 Å². The molecule has 1 rings (SSSR count). The zero-order chi connectivity index (χ0) is 12.1. The molecular formula is C13H22N2O. The fraction of sp³-hybridized carbons (Fsp3) is 0.615. The van der Waals surface area contributed by atoms with Gasteiger partial charge in [0.15, 0.2) is 0 Å². The van der Waals surface area contributed by atoms with Crippen LogP contribution in [0, 0.1) is 5.92 Å². The van der Waals surface area contributed by atoms with Crippen LogP contribution in [0.15, 0.2) is 18.3 Å². The highest BCUT2D eigenvalue weighted by Crippen LogP contribution is 2.19. The fourth-order valence-electron chi connectivity index (χ4n) is 1.87. The molecule has 0 bridgehead atoms. The first-order chi connectivity index (χ1) is 7.54. The monoisotopic (exact) mass is 222 g/mol. The minimum atomic E-state index is 0.000240. The molecule has 0 aliphatic heterocycles. The maximum atomic E-state index is 9.05. The van der Waals surface area contributed by atoms with Gasteiger partial charge in [-0.25, -0.2) is 0 Å². The van der Waals surface area contributed by atoms with Gasteiger partial charge in [0, 0.05) is 25.0 Å². The third-order valence-electron chi connectivity index (χ3n) is 2.84. The summed E-state index contributed by atoms with van der Waals surface area (Å²) < 4.78 is 0. The van der Waals surface area contributed by atoms with Crippen LogP contribution in [0.5, 0.6) is 0 Å². The number of anilines is 1. The predicted molar refractivity (Wildman–Crippen MR) is 67.5 cm³/mol. The number of aliphatic hydroxyl groups excluding tert-OH is 1. The van der Waals surface area contributed by atoms with Crippen LogP contribution in [-0.4, -0.2) is 23.2 Å². The summed E-state index contributed by atoms with van der Waals surface area (Å²) in [6.07, 6.45) is 2.91. The lowest BCUT2D eigenvalue weighted by Crippen LogP contribution is -2.30. The van der Waals surface area contributed by atoms with Gasteiger partial charge in [0.25, 0.3) is 0 Å². The van der Waals surface area contributed by atoms with E-state index in [2.05, 4.69) is 37.7 Å². The van der Waals surface area contributed by atoms with Gasteiger partial charge in [-0.05, 0) is 31.4 Å². The van der Waals surface area contributed by atoms with Crippen molar-refractivity contribution in [3.05, 3.63) is 24.0 Å². The Bertz CT molecular complexity index is 325. The molecule has 16 heavy (non-hydrogen) atoms. The van der Waals surface area contributed by atoms with Gasteiger partial charge < -0.3 is 10.0 Å². The average molecular weight is 222 g/mol. The van der Waals surface area contributed by atoms with Crippen molar-refractivity contribution in [3.8, 4) is 0 Å². The van der Waals surface area contributed by atoms with Crippen LogP contribution >= 0.6 is 0 Å². The molecule has 0 amide bonds. The lowest BCUT2D eigenvalue weighted by Gasteiger charge is -2.28. The smallest absolute Gasteiger partial charge is 0.0853 e. The molecule has 0 spiro atoms. The highest BCUT2D eigenvalue weighted by molar-refractivity contribution is 5.46. The van der Waals surface area contributed by atoms with Gasteiger partial charge in [-0.15, -0.1) is 0 Å². The predicted octanol–water partition coefficient (Wildman–Crippen LogP) is 2.44. The largest absolute Gasteiger partial charge is 0.390 e. The molecule has 1 heterocycles. The summed E-state index contributed by atoms with van der Waals surface area (Å²) in [6.45, 7) is 6.69. The number of hydrogen-bond donors (Lipinski definition) is 1. The molecule has 0 saturated carbocycles. The van der Waals surface area contributed by atoms with Crippen LogP contribution in [0.1, 0.15) is 32.9 Å². The van der Waals surface area contributed by atoms with Crippen molar-refractivity contribution in [3.63, 3.8) is 0 Å². The second-order valence-electron chi connectivity index (χ2n) is 4.75. The highest BCUT2D eigenvalue weighted by atomic mass is 16.3. The zero-order valence-electron chi connectivity index (χ0n) is 10.6. The van der Waals surface area contributed by atoms with E-state index in [1.165, 1.54) is 0 Å². The second kappa shape index (κ2) is 5.85. The van der Waals surface area contributed by atoms with E-state index in [0.29, 0.717) is 12.0 Å². The van der Waals surface area contributed by atoms with Crippen LogP contribution in [0.3, 0.4) is 0 Å². The topological polar surface area (TPSA) is 36.4 Å². The summed E-state index contributed by atoms with van der Waals surface area (Å²) in [4.78, 5) is 6.32. The molecule has 0 fully saturated rings. The van der Waals surface area contributed by atoms with E-state index in [0.717, 1.165) is 17.8 Å². The van der Waals surface area contributed by atoms with Crippen LogP contribution < -0.4 is 4.90 Å². The van der Waals surface area contributed by atoms with E-state index in [4.69, 9.17) is 5.11 Å². The Morgan fingerprint density at radius 1 is 1.38 bits per heavy atom. The maximum absolute atomic E-state index is 9.05. The van der Waals surface area contributed by atoms with E-state index < -0.39 is 0 Å². The average Bonchev–Trinajstić information content (AvgIpc) is 2.27. The molecule has 3 heteroatoms. The van der Waals surface area contributed by atoms with Crippen LogP contribution in [-0.2, 0) is 6.61 Å². The summed E-state index contributed by atoms with van der Waals surface area (Å²) in [6, 6.07) is 4.42. The van der Waals surface area contributed by atoms with Crippen molar-refractivity contribution in [1.82, 2.24) is 4.98 Å². The number of aliphatic hydroxyl groups is 1. The molecular weight excluding hydrogens is 200 g/mol. The van der Waals surface area contributed by atoms with Crippen molar-refractivity contribution in [2.75, 3.05) is 11.9 Å². The van der Waals surface area contributed by atoms with Crippen LogP contribution in [0.25, 0.3) is 0 Å². The summed E-state index contributed by atoms with van der Waals surface area (Å²) in [7, 11) is 2.09. The van der Waals surface area contributed by atoms with Gasteiger partial charge in [-0.1, -0.05) is 13.8 Å². The van der Waals surface area contributed by atoms with Crippen molar-refractivity contribution in [1.29, 1.82) is 0 Å². The SMILES string of the molecule is CC(C)CC(C)N(C)c1ccnc(CO)c1. The van der Waals surface area contributed by atoms with Gasteiger partial charge in [0.1, 0.15) is 0 Å². The van der Waals surface area contributed by atoms with Crippen molar-refractivity contribution < 1.29 is 5.11 Å². The minimum Gasteiger partial charge on any atom is -0.390 e. The number of rotatable bonds is 5. The van der Waals surface area contributed by atoms with Crippen molar-refractivity contribution in [2.24, 2.45) is 5.92 Å². The number of pyridine rings is 1. The Morgan fingerprint density at radius 3 is 2.62 bits per heavy atom. The van der Waals surface area contributed by atoms with Gasteiger partial charge in [-0.2, -0.15) is 0 Å². The maximum Gasteiger partial charge on any atom is 0.0853 e. The summed E-state index contributed by atoms with van der Waals surface area (Å²) in [5.74, 6) is 0.691. The van der Waals surface area contributed by atoms with E-state index in [1.807, 2.05) is 12.1 Å². The Hall–Kier alpha value is -1.09. The quantitative estimate of drug-likeness (QED) is 0.831. The summed E-state index contributed by atoms with van der Waals surface area (Å²) in [5.41, 5.74) is 1.84. The van der Waals surface area contributed by atoms with E-state index in [-0.39, 0.29) is 6.61 Å². The third kappa shape index (κ3) is 3.49. The first kappa shape index (κ1) is 13.0. The van der Waals surface area contributed by atoms with Crippen molar-refractivity contribution >= 4 is 5.69 Å². The minimum absolute atomic E-state index is 0.000240. The Labute approximate surface area is 98.1 Å². The van der Waals surface area contributed by atoms with Crippen LogP contribution in [0.2, 0.25) is 0 Å². The highest BCUT2D eigenvalue weighted by Gasteiger charge is 2.12. The number of hydrogen-bond acceptors (Lipinski definition) is 3. The molecule has 0 radical (unpaired) electrons. The molecule has 0 aliphatic carbocycles. The van der Waals surface area contributed by atoms with Gasteiger partial charge >= 0.3 is 0 Å². The third-order valence-corrected chi connectivity index (χ3v) is 2.84. The number of aromatic nitrogens is 1. The lowest BCUT2D eigenvalue weighted by atomic mass is 10.0. The molecule has 0 aliphatic rings. The first-order valence-corrected chi connectivity index (χ1v) is 5.83. The lowest BCUT2D eigenvalue weighted by molar-refractivity contribution is 0.277. The molecule has 1 aromatic rings. The Morgan fingerprint density at radius 2 is 2.06 bits per heavy atom. The van der Waals surface area contributed by atoms with Gasteiger partial charge in [-0.3, -0.25) is 4.98 Å². The van der Waals surface area contributed by atoms with E-state index in [9.17, 15) is 0 Å². The molecule has 1 aromatic heterocycles. The molecule has 1 atom stereocenters. The standard InChI is InChI=1S/C13H22N2O/c1-10(2)7-11(3)15(4)13-5-6-14-12(8-13)9-16/h5-6,8,10-11,16H,7,9H2,1-4H3. The molecule has 1 N–H and O–H groups in total. The van der Waals surface area contributed by atoms with E-state index >= 15 is 0 Å². The molecule has 0 saturated heterocycles. The normalized spacial score (nSPS) is 12.9. The summed E-state index contributed by atoms with van der Waals surface area (Å²) >= 11 is 0. The molecule has 1 unspecified atom stereocenters. The first-order valence-electron chi connectivity index (χ1n) is 5.83. The zero-order valence-corrected chi connectivity index (χ0v) is 10.6. The Kier molecular flexibility index (Phi) is 4.74. The fourth-order valence-corrected chi connectivity index (χ4v) is 1.87. The van der Waals surface area contributed by atoms with Crippen LogP contribution in [0.4, 0.5) is 5.69 Å². The molecule has 90 valence electrons. The molecule has 0 aromatic carbocycles. The second-order valence-corrected chi connectivity index (χ2v) is 4.75. The van der Waals surface area contributed by atoms with Gasteiger partial charge in [0.2, 0.25) is 0 Å². The van der Waals surface area contributed by atoms with E-state index in [1.54, 1.807) is 6.20 Å². The number of nitrogens with zero attached hydrogens (tertiary/aromatic N) is 2.